The maximum atomic E-state index is 6.92. The third-order valence-corrected chi connectivity index (χ3v) is 9.83. The zero-order valence-electron chi connectivity index (χ0n) is 16.1. The molecule has 0 saturated heterocycles. The molecule has 0 amide bonds. The highest BCUT2D eigenvalue weighted by atomic mass is 79.9. The van der Waals surface area contributed by atoms with Gasteiger partial charge in [0, 0.05) is 9.75 Å². The van der Waals surface area contributed by atoms with Crippen molar-refractivity contribution < 1.29 is 0 Å². The zero-order chi connectivity index (χ0) is 21.4. The Labute approximate surface area is 202 Å². The standard InChI is InChI=1S/C18H12B5BrClN3S2/c1-7-14(19)18(22)9(5-17(7,20)21)12-10(23(18)24)11-13(30-12)15(28-16(25)27-11)26-6-8-3-2-4-29-8/h2-4,9H,5-6H2,1H3,(H,26,27,28). The minimum Gasteiger partial charge on any atom is -0.364 e. The van der Waals surface area contributed by atoms with E-state index in [1.54, 1.807) is 22.7 Å². The summed E-state index contributed by atoms with van der Waals surface area (Å²) in [5.74, 6) is 0.584. The lowest BCUT2D eigenvalue weighted by atomic mass is 9.28. The molecule has 8 radical (unpaired) electrons. The number of nitrogens with one attached hydrogen (secondary N) is 1. The largest absolute Gasteiger partial charge is 0.364 e. The Kier molecular flexibility index (Phi) is 5.09. The normalized spacial score (nSPS) is 24.9. The van der Waals surface area contributed by atoms with Crippen LogP contribution in [0.5, 0.6) is 0 Å². The van der Waals surface area contributed by atoms with Crippen LogP contribution in [0.1, 0.15) is 29.0 Å². The molecule has 30 heavy (non-hydrogen) atoms. The van der Waals surface area contributed by atoms with Gasteiger partial charge in [-0.05, 0) is 41.4 Å². The van der Waals surface area contributed by atoms with E-state index in [-0.39, 0.29) is 16.7 Å². The summed E-state index contributed by atoms with van der Waals surface area (Å²) in [4.78, 5) is 11.3. The molecule has 2 aliphatic rings. The molecule has 3 aromatic rings. The minimum atomic E-state index is -1.01. The van der Waals surface area contributed by atoms with Gasteiger partial charge in [0.15, 0.2) is 0 Å². The molecule has 0 bridgehead atoms. The van der Waals surface area contributed by atoms with Crippen LogP contribution in [0, 0.1) is 0 Å². The number of hydrogen-bond donors (Lipinski definition) is 1. The Hall–Kier alpha value is -0.625. The van der Waals surface area contributed by atoms with Crippen LogP contribution in [-0.4, -0.2) is 46.9 Å². The van der Waals surface area contributed by atoms with Crippen molar-refractivity contribution in [2.24, 2.45) is 0 Å². The first-order valence-electron chi connectivity index (χ1n) is 9.38. The van der Waals surface area contributed by atoms with Gasteiger partial charge in [0.25, 0.3) is 5.54 Å². The SMILES string of the molecule is [B]C1=C(C)C([B])([B])CC2c3sc4c(NCc5cccs5)nc(Cl)nc4c3B(Br)C12[B]. The predicted octanol–water partition coefficient (Wildman–Crippen LogP) is 3.87. The summed E-state index contributed by atoms with van der Waals surface area (Å²) in [7, 11) is 26.2. The van der Waals surface area contributed by atoms with Gasteiger partial charge in [-0.3, -0.25) is 0 Å². The smallest absolute Gasteiger partial charge is 0.260 e. The van der Waals surface area contributed by atoms with Gasteiger partial charge < -0.3 is 5.32 Å². The van der Waals surface area contributed by atoms with Gasteiger partial charge in [-0.1, -0.05) is 28.5 Å². The second-order valence-electron chi connectivity index (χ2n) is 7.96. The summed E-state index contributed by atoms with van der Waals surface area (Å²) >= 11 is 13.4. The number of allylic oxidation sites excluding steroid dienone is 2. The number of fused-ring (bicyclic) bond motifs is 5. The molecule has 0 saturated carbocycles. The van der Waals surface area contributed by atoms with Crippen LogP contribution in [0.4, 0.5) is 5.82 Å². The van der Waals surface area contributed by atoms with Crippen LogP contribution in [0.2, 0.25) is 15.7 Å². The number of rotatable bonds is 3. The summed E-state index contributed by atoms with van der Waals surface area (Å²) in [5.41, 5.74) is 2.82. The van der Waals surface area contributed by atoms with E-state index in [4.69, 9.17) is 43.0 Å². The predicted molar refractivity (Wildman–Crippen MR) is 137 cm³/mol. The highest BCUT2D eigenvalue weighted by Crippen LogP contribution is 2.65. The summed E-state index contributed by atoms with van der Waals surface area (Å²) in [6, 6.07) is 4.10. The Bertz CT molecular complexity index is 1200. The molecule has 5 rings (SSSR count). The van der Waals surface area contributed by atoms with Crippen molar-refractivity contribution in [3.05, 3.63) is 43.6 Å². The second-order valence-corrected chi connectivity index (χ2v) is 11.3. The summed E-state index contributed by atoms with van der Waals surface area (Å²) in [6.07, 6.45) is 0.497. The monoisotopic (exact) mass is 503 g/mol. The highest BCUT2D eigenvalue weighted by Gasteiger charge is 2.57. The van der Waals surface area contributed by atoms with Gasteiger partial charge in [-0.25, -0.2) is 4.98 Å². The molecule has 4 heterocycles. The van der Waals surface area contributed by atoms with E-state index in [0.717, 1.165) is 26.1 Å². The van der Waals surface area contributed by atoms with Crippen molar-refractivity contribution in [2.45, 2.75) is 36.2 Å². The fourth-order valence-corrected chi connectivity index (χ4v) is 7.90. The van der Waals surface area contributed by atoms with Crippen molar-refractivity contribution in [1.29, 1.82) is 0 Å². The molecule has 3 nitrogen and oxygen atoms in total. The lowest BCUT2D eigenvalue weighted by molar-refractivity contribution is 0.548. The van der Waals surface area contributed by atoms with Gasteiger partial charge in [0.2, 0.25) is 5.28 Å². The molecule has 2 unspecified atom stereocenters. The van der Waals surface area contributed by atoms with Crippen LogP contribution in [0.3, 0.4) is 0 Å². The molecule has 3 aromatic heterocycles. The average molecular weight is 504 g/mol. The number of hydrogen-bond acceptors (Lipinski definition) is 5. The van der Waals surface area contributed by atoms with Gasteiger partial charge in [-0.15, -0.1) is 43.9 Å². The van der Waals surface area contributed by atoms with Crippen molar-refractivity contribution in [2.75, 3.05) is 5.32 Å². The Morgan fingerprint density at radius 1 is 1.37 bits per heavy atom. The van der Waals surface area contributed by atoms with Gasteiger partial charge in [-0.2, -0.15) is 4.98 Å². The van der Waals surface area contributed by atoms with E-state index >= 15 is 0 Å². The fourth-order valence-electron chi connectivity index (χ4n) is 4.48. The maximum Gasteiger partial charge on any atom is 0.260 e. The number of nitrogens with zero attached hydrogens (tertiary/aromatic N) is 2. The van der Waals surface area contributed by atoms with E-state index < -0.39 is 10.4 Å². The van der Waals surface area contributed by atoms with Gasteiger partial charge in [0.05, 0.1) is 40.3 Å². The summed E-state index contributed by atoms with van der Waals surface area (Å²) < 4.78 is 0.942. The molecule has 0 fully saturated rings. The molecule has 0 spiro atoms. The Balaban J connectivity index is 1.65. The lowest BCUT2D eigenvalue weighted by Gasteiger charge is -2.49. The van der Waals surface area contributed by atoms with Gasteiger partial charge >= 0.3 is 0 Å². The number of halogens is 2. The highest BCUT2D eigenvalue weighted by molar-refractivity contribution is 9.25. The summed E-state index contributed by atoms with van der Waals surface area (Å²) in [6.45, 7) is 2.52. The molecular weight excluding hydrogens is 492 g/mol. The molecule has 1 aliphatic carbocycles. The van der Waals surface area contributed by atoms with Gasteiger partial charge in [0.1, 0.15) is 13.7 Å². The van der Waals surface area contributed by atoms with Crippen LogP contribution in [-0.2, 0) is 6.54 Å². The molecular formula is C18H12B5BrClN3S2. The van der Waals surface area contributed by atoms with Crippen LogP contribution < -0.4 is 10.8 Å². The second kappa shape index (κ2) is 7.19. The van der Waals surface area contributed by atoms with E-state index in [2.05, 4.69) is 37.1 Å². The van der Waals surface area contributed by atoms with Crippen LogP contribution in [0.15, 0.2) is 28.6 Å². The quantitative estimate of drug-likeness (QED) is 0.435. The first kappa shape index (κ1) is 21.2. The third-order valence-electron chi connectivity index (χ3n) is 6.26. The molecule has 140 valence electrons. The summed E-state index contributed by atoms with van der Waals surface area (Å²) in [5, 5.41) is 3.81. The lowest BCUT2D eigenvalue weighted by Crippen LogP contribution is -2.41. The Morgan fingerprint density at radius 2 is 2.13 bits per heavy atom. The van der Waals surface area contributed by atoms with Crippen molar-refractivity contribution in [3.63, 3.8) is 0 Å². The molecule has 12 heteroatoms. The molecule has 1 N–H and O–H groups in total. The average Bonchev–Trinajstić information content (AvgIpc) is 3.38. The maximum absolute atomic E-state index is 6.92. The Morgan fingerprint density at radius 3 is 2.83 bits per heavy atom. The molecule has 0 aromatic carbocycles. The first-order valence-corrected chi connectivity index (χ1v) is 12.4. The third kappa shape index (κ3) is 2.95. The van der Waals surface area contributed by atoms with Crippen LogP contribution in [0.25, 0.3) is 10.2 Å². The number of anilines is 1. The molecule has 2 atom stereocenters. The first-order chi connectivity index (χ1) is 14.1. The number of thiophene rings is 2. The van der Waals surface area contributed by atoms with Crippen molar-refractivity contribution in [1.82, 2.24) is 9.97 Å². The van der Waals surface area contributed by atoms with Crippen LogP contribution >= 0.6 is 50.0 Å². The van der Waals surface area contributed by atoms with E-state index in [9.17, 15) is 0 Å². The number of aromatic nitrogens is 2. The van der Waals surface area contributed by atoms with E-state index in [1.165, 1.54) is 4.88 Å². The minimum absolute atomic E-state index is 0.126. The van der Waals surface area contributed by atoms with Crippen molar-refractivity contribution >= 4 is 108 Å². The fraction of sp³-hybridized carbons (Fsp3) is 0.333. The topological polar surface area (TPSA) is 37.8 Å². The van der Waals surface area contributed by atoms with Crippen molar-refractivity contribution in [3.8, 4) is 0 Å². The van der Waals surface area contributed by atoms with E-state index in [0.29, 0.717) is 24.3 Å². The van der Waals surface area contributed by atoms with E-state index in [1.807, 2.05) is 18.4 Å². The zero-order valence-corrected chi connectivity index (χ0v) is 20.1. The molecule has 1 aliphatic heterocycles.